The molecule has 0 spiro atoms. The fourth-order valence-electron chi connectivity index (χ4n) is 3.89. The minimum absolute atomic E-state index is 0.0176. The minimum atomic E-state index is -0.350. The van der Waals surface area contributed by atoms with Crippen molar-refractivity contribution in [2.75, 3.05) is 26.2 Å². The van der Waals surface area contributed by atoms with Crippen molar-refractivity contribution in [3.63, 3.8) is 0 Å². The van der Waals surface area contributed by atoms with Gasteiger partial charge in [-0.1, -0.05) is 23.7 Å². The third kappa shape index (κ3) is 4.54. The molecule has 2 aliphatic heterocycles. The van der Waals surface area contributed by atoms with Gasteiger partial charge in [-0.3, -0.25) is 9.48 Å². The SMILES string of the molecule is Cn1nc(C(=O)NCc2ccc(Cl)cc2)c2c1CCN(C[C@H]1COC(=O)N1)CC2. The van der Waals surface area contributed by atoms with E-state index in [0.717, 1.165) is 49.3 Å². The number of carbonyl (C=O) groups excluding carboxylic acids is 2. The van der Waals surface area contributed by atoms with Crippen LogP contribution in [0.15, 0.2) is 24.3 Å². The van der Waals surface area contributed by atoms with E-state index < -0.39 is 0 Å². The number of hydrogen-bond donors (Lipinski definition) is 2. The van der Waals surface area contributed by atoms with Crippen LogP contribution in [0.5, 0.6) is 0 Å². The van der Waals surface area contributed by atoms with Crippen LogP contribution in [-0.4, -0.2) is 59.0 Å². The van der Waals surface area contributed by atoms with Gasteiger partial charge < -0.3 is 20.3 Å². The molecule has 1 saturated heterocycles. The summed E-state index contributed by atoms with van der Waals surface area (Å²) < 4.78 is 6.79. The zero-order chi connectivity index (χ0) is 20.4. The van der Waals surface area contributed by atoms with E-state index in [-0.39, 0.29) is 18.0 Å². The Hall–Kier alpha value is -2.58. The molecule has 1 atom stereocenters. The molecule has 2 amide bonds. The average Bonchev–Trinajstić information content (AvgIpc) is 3.18. The molecule has 3 heterocycles. The standard InChI is InChI=1S/C20H24ClN5O3/c1-25-17-7-9-26(11-15-12-29-20(28)23-15)8-6-16(17)18(24-25)19(27)22-10-13-2-4-14(21)5-3-13/h2-5,15H,6-12H2,1H3,(H,22,27)(H,23,28)/t15-/m0/s1. The maximum atomic E-state index is 12.8. The summed E-state index contributed by atoms with van der Waals surface area (Å²) in [4.78, 5) is 26.3. The van der Waals surface area contributed by atoms with Gasteiger partial charge in [0, 0.05) is 55.9 Å². The van der Waals surface area contributed by atoms with Crippen LogP contribution in [0, 0.1) is 0 Å². The average molecular weight is 418 g/mol. The predicted octanol–water partition coefficient (Wildman–Crippen LogP) is 1.51. The number of benzene rings is 1. The van der Waals surface area contributed by atoms with E-state index in [0.29, 0.717) is 23.9 Å². The van der Waals surface area contributed by atoms with Crippen LogP contribution in [0.2, 0.25) is 5.02 Å². The molecule has 8 nitrogen and oxygen atoms in total. The number of carbonyl (C=O) groups is 2. The molecule has 0 bridgehead atoms. The van der Waals surface area contributed by atoms with Crippen molar-refractivity contribution in [3.05, 3.63) is 51.8 Å². The number of aromatic nitrogens is 2. The van der Waals surface area contributed by atoms with E-state index in [2.05, 4.69) is 20.6 Å². The van der Waals surface area contributed by atoms with Gasteiger partial charge in [0.15, 0.2) is 5.69 Å². The van der Waals surface area contributed by atoms with Gasteiger partial charge in [0.1, 0.15) is 6.61 Å². The normalized spacial score (nSPS) is 19.2. The number of halogens is 1. The van der Waals surface area contributed by atoms with Crippen molar-refractivity contribution in [3.8, 4) is 0 Å². The summed E-state index contributed by atoms with van der Waals surface area (Å²) >= 11 is 5.91. The van der Waals surface area contributed by atoms with Crippen LogP contribution in [0.4, 0.5) is 4.79 Å². The smallest absolute Gasteiger partial charge is 0.407 e. The molecule has 0 aliphatic carbocycles. The number of fused-ring (bicyclic) bond motifs is 1. The Balaban J connectivity index is 1.40. The first-order chi connectivity index (χ1) is 14.0. The van der Waals surface area contributed by atoms with Gasteiger partial charge in [-0.05, 0) is 24.1 Å². The second-order valence-corrected chi connectivity index (χ2v) is 7.88. The number of rotatable bonds is 5. The van der Waals surface area contributed by atoms with Crippen molar-refractivity contribution in [1.29, 1.82) is 0 Å². The Labute approximate surface area is 174 Å². The van der Waals surface area contributed by atoms with Crippen LogP contribution >= 0.6 is 11.6 Å². The molecule has 154 valence electrons. The molecule has 29 heavy (non-hydrogen) atoms. The largest absolute Gasteiger partial charge is 0.447 e. The highest BCUT2D eigenvalue weighted by atomic mass is 35.5. The van der Waals surface area contributed by atoms with Gasteiger partial charge in [-0.15, -0.1) is 0 Å². The van der Waals surface area contributed by atoms with Crippen LogP contribution in [0.1, 0.15) is 27.3 Å². The molecule has 0 saturated carbocycles. The Morgan fingerprint density at radius 3 is 2.79 bits per heavy atom. The molecular weight excluding hydrogens is 394 g/mol. The highest BCUT2D eigenvalue weighted by Crippen LogP contribution is 2.20. The van der Waals surface area contributed by atoms with Crippen molar-refractivity contribution >= 4 is 23.6 Å². The highest BCUT2D eigenvalue weighted by molar-refractivity contribution is 6.30. The van der Waals surface area contributed by atoms with E-state index in [1.807, 2.05) is 36.0 Å². The number of nitrogens with zero attached hydrogens (tertiary/aromatic N) is 3. The lowest BCUT2D eigenvalue weighted by Crippen LogP contribution is -2.41. The molecule has 4 rings (SSSR count). The molecule has 2 aliphatic rings. The van der Waals surface area contributed by atoms with Crippen molar-refractivity contribution in [2.24, 2.45) is 7.05 Å². The molecule has 1 fully saturated rings. The lowest BCUT2D eigenvalue weighted by atomic mass is 10.1. The Morgan fingerprint density at radius 1 is 1.31 bits per heavy atom. The zero-order valence-corrected chi connectivity index (χ0v) is 17.0. The number of alkyl carbamates (subject to hydrolysis) is 1. The van der Waals surface area contributed by atoms with Crippen LogP contribution in [0.25, 0.3) is 0 Å². The second-order valence-electron chi connectivity index (χ2n) is 7.45. The van der Waals surface area contributed by atoms with Gasteiger partial charge in [0.05, 0.1) is 6.04 Å². The monoisotopic (exact) mass is 417 g/mol. The van der Waals surface area contributed by atoms with Gasteiger partial charge in [-0.2, -0.15) is 5.10 Å². The van der Waals surface area contributed by atoms with Gasteiger partial charge >= 0.3 is 6.09 Å². The van der Waals surface area contributed by atoms with Crippen molar-refractivity contribution in [2.45, 2.75) is 25.4 Å². The van der Waals surface area contributed by atoms with Gasteiger partial charge in [0.25, 0.3) is 5.91 Å². The highest BCUT2D eigenvalue weighted by Gasteiger charge is 2.28. The fraction of sp³-hybridized carbons (Fsp3) is 0.450. The van der Waals surface area contributed by atoms with Crippen molar-refractivity contribution in [1.82, 2.24) is 25.3 Å². The summed E-state index contributed by atoms with van der Waals surface area (Å²) in [5.41, 5.74) is 3.58. The Bertz CT molecular complexity index is 912. The van der Waals surface area contributed by atoms with Gasteiger partial charge in [0.2, 0.25) is 0 Å². The summed E-state index contributed by atoms with van der Waals surface area (Å²) in [7, 11) is 1.88. The molecule has 9 heteroatoms. The molecule has 2 aromatic rings. The van der Waals surface area contributed by atoms with E-state index in [4.69, 9.17) is 16.3 Å². The molecule has 0 unspecified atom stereocenters. The predicted molar refractivity (Wildman–Crippen MR) is 108 cm³/mol. The quantitative estimate of drug-likeness (QED) is 0.770. The summed E-state index contributed by atoms with van der Waals surface area (Å²) in [6, 6.07) is 7.42. The third-order valence-electron chi connectivity index (χ3n) is 5.42. The summed E-state index contributed by atoms with van der Waals surface area (Å²) in [5.74, 6) is -0.165. The van der Waals surface area contributed by atoms with E-state index >= 15 is 0 Å². The third-order valence-corrected chi connectivity index (χ3v) is 5.67. The second kappa shape index (κ2) is 8.42. The molecule has 2 N–H and O–H groups in total. The Morgan fingerprint density at radius 2 is 2.07 bits per heavy atom. The first-order valence-corrected chi connectivity index (χ1v) is 10.1. The topological polar surface area (TPSA) is 88.5 Å². The Kier molecular flexibility index (Phi) is 5.73. The number of ether oxygens (including phenoxy) is 1. The molecule has 1 aromatic carbocycles. The van der Waals surface area contributed by atoms with E-state index in [1.54, 1.807) is 0 Å². The number of amides is 2. The zero-order valence-electron chi connectivity index (χ0n) is 16.3. The summed E-state index contributed by atoms with van der Waals surface area (Å²) in [6.07, 6.45) is 1.20. The minimum Gasteiger partial charge on any atom is -0.447 e. The molecule has 0 radical (unpaired) electrons. The molecule has 1 aromatic heterocycles. The lowest BCUT2D eigenvalue weighted by molar-refractivity contribution is 0.0944. The van der Waals surface area contributed by atoms with E-state index in [1.165, 1.54) is 0 Å². The first-order valence-electron chi connectivity index (χ1n) is 9.72. The van der Waals surface area contributed by atoms with Crippen LogP contribution in [-0.2, 0) is 31.2 Å². The summed E-state index contributed by atoms with van der Waals surface area (Å²) in [5, 5.41) is 10.9. The number of hydrogen-bond acceptors (Lipinski definition) is 5. The summed E-state index contributed by atoms with van der Waals surface area (Å²) in [6.45, 7) is 3.23. The van der Waals surface area contributed by atoms with Crippen LogP contribution in [0.3, 0.4) is 0 Å². The van der Waals surface area contributed by atoms with Crippen LogP contribution < -0.4 is 10.6 Å². The molecular formula is C20H24ClN5O3. The first kappa shape index (κ1) is 19.7. The number of nitrogens with one attached hydrogen (secondary N) is 2. The lowest BCUT2D eigenvalue weighted by Gasteiger charge is -2.22. The van der Waals surface area contributed by atoms with Gasteiger partial charge in [-0.25, -0.2) is 4.79 Å². The maximum Gasteiger partial charge on any atom is 0.407 e. The van der Waals surface area contributed by atoms with E-state index in [9.17, 15) is 9.59 Å². The van der Waals surface area contributed by atoms with Crippen molar-refractivity contribution < 1.29 is 14.3 Å². The number of aryl methyl sites for hydroxylation is 1. The maximum absolute atomic E-state index is 12.8. The number of cyclic esters (lactones) is 1. The fourth-order valence-corrected chi connectivity index (χ4v) is 4.02.